The molecule has 3 rings (SSSR count). The zero-order valence-electron chi connectivity index (χ0n) is 11.6. The molecule has 1 aromatic heterocycles. The molecule has 0 bridgehead atoms. The van der Waals surface area contributed by atoms with Crippen LogP contribution < -0.4 is 20.3 Å². The van der Waals surface area contributed by atoms with E-state index in [9.17, 15) is 14.4 Å². The molecular weight excluding hydrogens is 292 g/mol. The molecule has 2 aromatic rings. The molecule has 1 N–H and O–H groups in total. The van der Waals surface area contributed by atoms with Gasteiger partial charge in [-0.25, -0.2) is 4.79 Å². The van der Waals surface area contributed by atoms with E-state index < -0.39 is 11.4 Å². The fourth-order valence-corrected chi connectivity index (χ4v) is 2.23. The van der Waals surface area contributed by atoms with Crippen molar-refractivity contribution in [3.8, 4) is 11.5 Å². The van der Waals surface area contributed by atoms with Gasteiger partial charge in [0.2, 0.25) is 18.6 Å². The number of carbonyl (C=O) groups excluding carboxylic acids is 2. The van der Waals surface area contributed by atoms with Crippen molar-refractivity contribution in [2.75, 3.05) is 18.8 Å². The van der Waals surface area contributed by atoms with Crippen LogP contribution in [0, 0.1) is 0 Å². The van der Waals surface area contributed by atoms with Crippen LogP contribution in [0.1, 0.15) is 17.3 Å². The summed E-state index contributed by atoms with van der Waals surface area (Å²) in [4.78, 5) is 35.1. The van der Waals surface area contributed by atoms with E-state index in [0.29, 0.717) is 23.4 Å². The van der Waals surface area contributed by atoms with E-state index in [2.05, 4.69) is 5.43 Å². The number of nitrogens with one attached hydrogen (secondary N) is 1. The first-order valence-electron chi connectivity index (χ1n) is 6.52. The summed E-state index contributed by atoms with van der Waals surface area (Å²) in [5.74, 6) is 0.106. The summed E-state index contributed by atoms with van der Waals surface area (Å²) >= 11 is 0. The second-order valence-corrected chi connectivity index (χ2v) is 4.43. The molecule has 114 valence electrons. The Hall–Kier alpha value is -3.03. The topological polar surface area (TPSA) is 95.9 Å². The first-order chi connectivity index (χ1) is 10.7. The van der Waals surface area contributed by atoms with Crippen LogP contribution in [-0.4, -0.2) is 30.5 Å². The largest absolute Gasteiger partial charge is 0.462 e. The number of esters is 1. The number of hydrogen-bond donors (Lipinski definition) is 1. The van der Waals surface area contributed by atoms with E-state index in [1.165, 1.54) is 16.9 Å². The number of fused-ring (bicyclic) bond motifs is 2. The fraction of sp³-hybridized carbons (Fsp3) is 0.214. The van der Waals surface area contributed by atoms with Gasteiger partial charge >= 0.3 is 5.97 Å². The van der Waals surface area contributed by atoms with E-state index in [-0.39, 0.29) is 24.3 Å². The van der Waals surface area contributed by atoms with Gasteiger partial charge in [-0.15, -0.1) is 0 Å². The maximum absolute atomic E-state index is 12.5. The minimum Gasteiger partial charge on any atom is -0.462 e. The highest BCUT2D eigenvalue weighted by atomic mass is 16.7. The molecule has 2 heterocycles. The van der Waals surface area contributed by atoms with Crippen LogP contribution in [-0.2, 0) is 9.53 Å². The lowest BCUT2D eigenvalue weighted by atomic mass is 10.1. The number of benzene rings is 1. The highest BCUT2D eigenvalue weighted by Crippen LogP contribution is 2.35. The minimum atomic E-state index is -0.756. The molecule has 0 radical (unpaired) electrons. The molecule has 22 heavy (non-hydrogen) atoms. The van der Waals surface area contributed by atoms with E-state index in [0.717, 1.165) is 0 Å². The summed E-state index contributed by atoms with van der Waals surface area (Å²) in [6, 6.07) is 3.04. The molecule has 0 atom stereocenters. The third kappa shape index (κ3) is 2.14. The van der Waals surface area contributed by atoms with E-state index in [4.69, 9.17) is 14.2 Å². The monoisotopic (exact) mass is 304 g/mol. The van der Waals surface area contributed by atoms with Crippen molar-refractivity contribution in [1.82, 2.24) is 4.68 Å². The lowest BCUT2D eigenvalue weighted by Crippen LogP contribution is -2.24. The predicted molar refractivity (Wildman–Crippen MR) is 75.7 cm³/mol. The third-order valence-corrected chi connectivity index (χ3v) is 3.19. The highest BCUT2D eigenvalue weighted by Gasteiger charge is 2.21. The van der Waals surface area contributed by atoms with Gasteiger partial charge in [-0.1, -0.05) is 0 Å². The van der Waals surface area contributed by atoms with Crippen LogP contribution in [0.25, 0.3) is 10.9 Å². The van der Waals surface area contributed by atoms with Gasteiger partial charge < -0.3 is 14.2 Å². The first kappa shape index (κ1) is 13.9. The number of ether oxygens (including phenoxy) is 3. The molecular formula is C14H12N2O6. The molecule has 8 heteroatoms. The van der Waals surface area contributed by atoms with Gasteiger partial charge in [-0.2, -0.15) is 0 Å². The van der Waals surface area contributed by atoms with Gasteiger partial charge in [-0.05, 0) is 13.0 Å². The molecule has 0 unspecified atom stereocenters. The van der Waals surface area contributed by atoms with Crippen molar-refractivity contribution in [1.29, 1.82) is 0 Å². The molecule has 0 saturated heterocycles. The molecule has 1 aromatic carbocycles. The van der Waals surface area contributed by atoms with Crippen LogP contribution in [0.15, 0.2) is 23.1 Å². The third-order valence-electron chi connectivity index (χ3n) is 3.19. The summed E-state index contributed by atoms with van der Waals surface area (Å²) in [6.07, 6.45) is 1.66. The van der Waals surface area contributed by atoms with Crippen molar-refractivity contribution < 1.29 is 23.8 Å². The van der Waals surface area contributed by atoms with E-state index >= 15 is 0 Å². The van der Waals surface area contributed by atoms with Crippen molar-refractivity contribution in [3.05, 3.63) is 34.1 Å². The molecule has 0 fully saturated rings. The summed E-state index contributed by atoms with van der Waals surface area (Å²) < 4.78 is 16.6. The smallest absolute Gasteiger partial charge is 0.343 e. The number of pyridine rings is 1. The predicted octanol–water partition coefficient (Wildman–Crippen LogP) is 0.607. The van der Waals surface area contributed by atoms with Crippen molar-refractivity contribution in [2.45, 2.75) is 6.92 Å². The van der Waals surface area contributed by atoms with Gasteiger partial charge in [0, 0.05) is 12.3 Å². The van der Waals surface area contributed by atoms with Crippen LogP contribution >= 0.6 is 0 Å². The maximum Gasteiger partial charge on any atom is 0.343 e. The number of carbonyl (C=O) groups is 2. The zero-order valence-corrected chi connectivity index (χ0v) is 11.6. The Morgan fingerprint density at radius 2 is 2.14 bits per heavy atom. The average molecular weight is 304 g/mol. The van der Waals surface area contributed by atoms with Crippen LogP contribution in [0.4, 0.5) is 0 Å². The number of aromatic nitrogens is 1. The Morgan fingerprint density at radius 1 is 1.41 bits per heavy atom. The van der Waals surface area contributed by atoms with Crippen LogP contribution in [0.2, 0.25) is 0 Å². The Morgan fingerprint density at radius 3 is 2.82 bits per heavy atom. The SMILES string of the molecule is CCOC(=O)c1cn(NC=O)c2cc3c(cc2c1=O)OCO3. The average Bonchev–Trinajstić information content (AvgIpc) is 2.96. The quantitative estimate of drug-likeness (QED) is 0.656. The first-order valence-corrected chi connectivity index (χ1v) is 6.52. The van der Waals surface area contributed by atoms with Crippen LogP contribution in [0.5, 0.6) is 11.5 Å². The van der Waals surface area contributed by atoms with Gasteiger partial charge in [0.15, 0.2) is 11.5 Å². The van der Waals surface area contributed by atoms with Gasteiger partial charge in [0.1, 0.15) is 5.56 Å². The van der Waals surface area contributed by atoms with Crippen molar-refractivity contribution >= 4 is 23.3 Å². The van der Waals surface area contributed by atoms with E-state index in [1.807, 2.05) is 0 Å². The second kappa shape index (κ2) is 5.40. The Labute approximate surface area is 124 Å². The van der Waals surface area contributed by atoms with Crippen LogP contribution in [0.3, 0.4) is 0 Å². The summed E-state index contributed by atoms with van der Waals surface area (Å²) in [5, 5.41) is 0.212. The molecule has 8 nitrogen and oxygen atoms in total. The highest BCUT2D eigenvalue weighted by molar-refractivity contribution is 5.95. The molecule has 0 saturated carbocycles. The summed E-state index contributed by atoms with van der Waals surface area (Å²) in [5.41, 5.74) is 2.10. The molecule has 1 aliphatic heterocycles. The molecule has 0 aliphatic carbocycles. The normalized spacial score (nSPS) is 12.2. The number of amides is 1. The van der Waals surface area contributed by atoms with Gasteiger partial charge in [-0.3, -0.25) is 19.7 Å². The fourth-order valence-electron chi connectivity index (χ4n) is 2.23. The Balaban J connectivity index is 2.29. The maximum atomic E-state index is 12.5. The lowest BCUT2D eigenvalue weighted by Gasteiger charge is -2.12. The van der Waals surface area contributed by atoms with Gasteiger partial charge in [0.05, 0.1) is 17.5 Å². The van der Waals surface area contributed by atoms with E-state index in [1.54, 1.807) is 13.0 Å². The Kier molecular flexibility index (Phi) is 3.42. The molecule has 1 amide bonds. The molecule has 0 spiro atoms. The number of rotatable bonds is 4. The minimum absolute atomic E-state index is 0.0473. The van der Waals surface area contributed by atoms with Crippen molar-refractivity contribution in [2.24, 2.45) is 0 Å². The second-order valence-electron chi connectivity index (χ2n) is 4.43. The van der Waals surface area contributed by atoms with Crippen molar-refractivity contribution in [3.63, 3.8) is 0 Å². The number of hydrogen-bond acceptors (Lipinski definition) is 6. The summed E-state index contributed by atoms with van der Waals surface area (Å²) in [6.45, 7) is 1.82. The zero-order chi connectivity index (χ0) is 15.7. The number of nitrogens with zero attached hydrogens (tertiary/aromatic N) is 1. The standard InChI is InChI=1S/C14H12N2O6/c1-2-20-14(19)9-5-16(15-6-17)10-4-12-11(21-7-22-12)3-8(10)13(9)18/h3-6H,2,7H2,1H3,(H,15,17). The lowest BCUT2D eigenvalue weighted by molar-refractivity contribution is -0.106. The molecule has 1 aliphatic rings. The summed E-state index contributed by atoms with van der Waals surface area (Å²) in [7, 11) is 0. The Bertz CT molecular complexity index is 826. The van der Waals surface area contributed by atoms with Gasteiger partial charge in [0.25, 0.3) is 0 Å².